The van der Waals surface area contributed by atoms with Crippen molar-refractivity contribution in [3.05, 3.63) is 65.5 Å². The fraction of sp³-hybridized carbons (Fsp3) is 0.294. The monoisotopic (exact) mass is 272 g/mol. The Morgan fingerprint density at radius 3 is 2.60 bits per heavy atom. The lowest BCUT2D eigenvalue weighted by Gasteiger charge is -2.25. The molecule has 2 rings (SSSR count). The predicted molar refractivity (Wildman–Crippen MR) is 82.0 cm³/mol. The van der Waals surface area contributed by atoms with Crippen LogP contribution in [0.1, 0.15) is 24.1 Å². The number of hydrogen-bond donors (Lipinski definition) is 1. The smallest absolute Gasteiger partial charge is 0.127 e. The van der Waals surface area contributed by atoms with Crippen LogP contribution in [0.5, 0.6) is 0 Å². The Kier molecular flexibility index (Phi) is 4.74. The van der Waals surface area contributed by atoms with Crippen molar-refractivity contribution in [3.63, 3.8) is 0 Å². The van der Waals surface area contributed by atoms with Gasteiger partial charge in [-0.15, -0.1) is 0 Å². The van der Waals surface area contributed by atoms with Crippen LogP contribution in [0.25, 0.3) is 0 Å². The van der Waals surface area contributed by atoms with Crippen molar-refractivity contribution >= 4 is 5.69 Å². The zero-order valence-electron chi connectivity index (χ0n) is 12.0. The van der Waals surface area contributed by atoms with Crippen LogP contribution in [0.2, 0.25) is 0 Å². The summed E-state index contributed by atoms with van der Waals surface area (Å²) in [6.07, 6.45) is 0.903. The summed E-state index contributed by atoms with van der Waals surface area (Å²) in [4.78, 5) is 2.15. The summed E-state index contributed by atoms with van der Waals surface area (Å²) in [5, 5.41) is 0. The van der Waals surface area contributed by atoms with Gasteiger partial charge >= 0.3 is 0 Å². The average Bonchev–Trinajstić information content (AvgIpc) is 2.44. The third-order valence-electron chi connectivity index (χ3n) is 3.72. The molecule has 0 spiro atoms. The second kappa shape index (κ2) is 6.53. The van der Waals surface area contributed by atoms with Crippen molar-refractivity contribution in [2.24, 2.45) is 0 Å². The minimum Gasteiger partial charge on any atom is -0.399 e. The van der Waals surface area contributed by atoms with E-state index in [0.29, 0.717) is 0 Å². The van der Waals surface area contributed by atoms with E-state index in [1.807, 2.05) is 44.3 Å². The van der Waals surface area contributed by atoms with Gasteiger partial charge in [0.15, 0.2) is 0 Å². The summed E-state index contributed by atoms with van der Waals surface area (Å²) in [6.45, 7) is 2.89. The van der Waals surface area contributed by atoms with Gasteiger partial charge < -0.3 is 5.73 Å². The van der Waals surface area contributed by atoms with Gasteiger partial charge in [-0.2, -0.15) is 0 Å². The number of nitrogens with two attached hydrogens (primary N) is 1. The second-order valence-corrected chi connectivity index (χ2v) is 5.17. The number of anilines is 1. The maximum atomic E-state index is 13.8. The van der Waals surface area contributed by atoms with E-state index in [1.165, 1.54) is 11.6 Å². The highest BCUT2D eigenvalue weighted by Gasteiger charge is 2.14. The number of hydrogen-bond acceptors (Lipinski definition) is 2. The van der Waals surface area contributed by atoms with Gasteiger partial charge in [-0.25, -0.2) is 4.39 Å². The van der Waals surface area contributed by atoms with E-state index < -0.39 is 0 Å². The Balaban J connectivity index is 1.98. The highest BCUT2D eigenvalue weighted by atomic mass is 19.1. The highest BCUT2D eigenvalue weighted by molar-refractivity contribution is 5.40. The number of nitrogen functional groups attached to an aromatic ring is 1. The summed E-state index contributed by atoms with van der Waals surface area (Å²) in [5.74, 6) is -0.143. The molecular weight excluding hydrogens is 251 g/mol. The highest BCUT2D eigenvalue weighted by Crippen LogP contribution is 2.21. The van der Waals surface area contributed by atoms with E-state index >= 15 is 0 Å². The molecule has 2 nitrogen and oxygen atoms in total. The van der Waals surface area contributed by atoms with Crippen LogP contribution in [0, 0.1) is 5.82 Å². The minimum atomic E-state index is -0.143. The fourth-order valence-electron chi connectivity index (χ4n) is 2.30. The summed E-state index contributed by atoms with van der Waals surface area (Å²) in [7, 11) is 2.02. The van der Waals surface area contributed by atoms with Gasteiger partial charge in [0, 0.05) is 23.8 Å². The first kappa shape index (κ1) is 14.5. The first-order valence-corrected chi connectivity index (χ1v) is 6.87. The number of rotatable bonds is 5. The Labute approximate surface area is 120 Å². The lowest BCUT2D eigenvalue weighted by Crippen LogP contribution is -2.25. The van der Waals surface area contributed by atoms with Crippen molar-refractivity contribution in [1.82, 2.24) is 4.90 Å². The van der Waals surface area contributed by atoms with Gasteiger partial charge in [-0.1, -0.05) is 30.3 Å². The molecule has 0 heterocycles. The molecule has 0 aliphatic carbocycles. The van der Waals surface area contributed by atoms with Gasteiger partial charge in [0.1, 0.15) is 5.82 Å². The molecule has 0 aliphatic heterocycles. The number of halogens is 1. The van der Waals surface area contributed by atoms with Crippen LogP contribution in [-0.4, -0.2) is 18.5 Å². The Morgan fingerprint density at radius 1 is 1.15 bits per heavy atom. The van der Waals surface area contributed by atoms with E-state index in [2.05, 4.69) is 11.0 Å². The van der Waals surface area contributed by atoms with Crippen LogP contribution < -0.4 is 5.73 Å². The van der Waals surface area contributed by atoms with Crippen molar-refractivity contribution in [1.29, 1.82) is 0 Å². The molecule has 0 fully saturated rings. The normalized spacial score (nSPS) is 12.6. The summed E-state index contributed by atoms with van der Waals surface area (Å²) in [5.41, 5.74) is 8.50. The SMILES string of the molecule is CC(c1ccccc1F)N(C)CCc1cccc(N)c1. The van der Waals surface area contributed by atoms with Gasteiger partial charge in [-0.05, 0) is 44.2 Å². The van der Waals surface area contributed by atoms with Crippen LogP contribution >= 0.6 is 0 Å². The topological polar surface area (TPSA) is 29.3 Å². The Morgan fingerprint density at radius 2 is 1.90 bits per heavy atom. The molecule has 1 unspecified atom stereocenters. The van der Waals surface area contributed by atoms with Crippen LogP contribution in [0.15, 0.2) is 48.5 Å². The molecule has 2 N–H and O–H groups in total. The van der Waals surface area contributed by atoms with Gasteiger partial charge in [-0.3, -0.25) is 4.90 Å². The van der Waals surface area contributed by atoms with Crippen molar-refractivity contribution in [3.8, 4) is 0 Å². The average molecular weight is 272 g/mol. The lowest BCUT2D eigenvalue weighted by molar-refractivity contribution is 0.259. The fourth-order valence-corrected chi connectivity index (χ4v) is 2.30. The van der Waals surface area contributed by atoms with E-state index in [0.717, 1.165) is 24.2 Å². The molecule has 0 radical (unpaired) electrons. The molecule has 3 heteroatoms. The third-order valence-corrected chi connectivity index (χ3v) is 3.72. The number of likely N-dealkylation sites (N-methyl/N-ethyl adjacent to an activating group) is 1. The Hall–Kier alpha value is -1.87. The van der Waals surface area contributed by atoms with Crippen LogP contribution in [0.3, 0.4) is 0 Å². The molecule has 2 aromatic carbocycles. The lowest BCUT2D eigenvalue weighted by atomic mass is 10.1. The van der Waals surface area contributed by atoms with Crippen LogP contribution in [0.4, 0.5) is 10.1 Å². The molecule has 0 saturated heterocycles. The van der Waals surface area contributed by atoms with E-state index in [1.54, 1.807) is 6.07 Å². The molecule has 106 valence electrons. The molecule has 0 aromatic heterocycles. The summed E-state index contributed by atoms with van der Waals surface area (Å²) in [6, 6.07) is 14.9. The molecule has 0 aliphatic rings. The maximum Gasteiger partial charge on any atom is 0.127 e. The Bertz CT molecular complexity index is 568. The predicted octanol–water partition coefficient (Wildman–Crippen LogP) is 3.64. The molecular formula is C17H21FN2. The molecule has 0 saturated carbocycles. The van der Waals surface area contributed by atoms with E-state index in [4.69, 9.17) is 5.73 Å². The number of benzene rings is 2. The minimum absolute atomic E-state index is 0.0530. The van der Waals surface area contributed by atoms with Crippen molar-refractivity contribution in [2.75, 3.05) is 19.3 Å². The number of nitrogens with zero attached hydrogens (tertiary/aromatic N) is 1. The molecule has 0 bridgehead atoms. The molecule has 1 atom stereocenters. The van der Waals surface area contributed by atoms with Crippen molar-refractivity contribution in [2.45, 2.75) is 19.4 Å². The summed E-state index contributed by atoms with van der Waals surface area (Å²) >= 11 is 0. The zero-order valence-corrected chi connectivity index (χ0v) is 12.0. The first-order chi connectivity index (χ1) is 9.58. The molecule has 20 heavy (non-hydrogen) atoms. The van der Waals surface area contributed by atoms with E-state index in [-0.39, 0.29) is 11.9 Å². The van der Waals surface area contributed by atoms with Crippen molar-refractivity contribution < 1.29 is 4.39 Å². The first-order valence-electron chi connectivity index (χ1n) is 6.87. The second-order valence-electron chi connectivity index (χ2n) is 5.17. The largest absolute Gasteiger partial charge is 0.399 e. The van der Waals surface area contributed by atoms with Gasteiger partial charge in [0.05, 0.1) is 0 Å². The maximum absolute atomic E-state index is 13.8. The van der Waals surface area contributed by atoms with Gasteiger partial charge in [0.2, 0.25) is 0 Å². The van der Waals surface area contributed by atoms with E-state index in [9.17, 15) is 4.39 Å². The molecule has 0 amide bonds. The van der Waals surface area contributed by atoms with Crippen LogP contribution in [-0.2, 0) is 6.42 Å². The zero-order chi connectivity index (χ0) is 14.5. The third kappa shape index (κ3) is 3.58. The quantitative estimate of drug-likeness (QED) is 0.842. The summed E-state index contributed by atoms with van der Waals surface area (Å²) < 4.78 is 13.8. The standard InChI is InChI=1S/C17H21FN2/c1-13(16-8-3-4-9-17(16)18)20(2)11-10-14-6-5-7-15(19)12-14/h3-9,12-13H,10-11,19H2,1-2H3. The molecule has 2 aromatic rings. The van der Waals surface area contributed by atoms with Gasteiger partial charge in [0.25, 0.3) is 0 Å².